The molecule has 0 aromatic carbocycles. The molecule has 0 spiro atoms. The van der Waals surface area contributed by atoms with Crippen molar-refractivity contribution < 1.29 is 4.74 Å². The van der Waals surface area contributed by atoms with Gasteiger partial charge < -0.3 is 15.0 Å². The average molecular weight is 297 g/mol. The van der Waals surface area contributed by atoms with Gasteiger partial charge in [0.2, 0.25) is 0 Å². The predicted molar refractivity (Wildman–Crippen MR) is 85.7 cm³/mol. The van der Waals surface area contributed by atoms with Crippen LogP contribution in [0.5, 0.6) is 0 Å². The fraction of sp³-hybridized carbons (Fsp3) is 0.800. The van der Waals surface area contributed by atoms with E-state index >= 15 is 0 Å². The van der Waals surface area contributed by atoms with E-state index in [0.717, 1.165) is 44.2 Å². The van der Waals surface area contributed by atoms with Crippen molar-refractivity contribution in [1.82, 2.24) is 10.3 Å². The van der Waals surface area contributed by atoms with E-state index in [0.29, 0.717) is 6.10 Å². The molecule has 20 heavy (non-hydrogen) atoms. The summed E-state index contributed by atoms with van der Waals surface area (Å²) in [7, 11) is 2.00. The van der Waals surface area contributed by atoms with Crippen molar-refractivity contribution in [2.45, 2.75) is 52.2 Å². The van der Waals surface area contributed by atoms with Crippen molar-refractivity contribution in [2.24, 2.45) is 0 Å². The van der Waals surface area contributed by atoms with Gasteiger partial charge >= 0.3 is 0 Å². The first-order chi connectivity index (χ1) is 9.78. The fourth-order valence-electron chi connectivity index (χ4n) is 2.61. The van der Waals surface area contributed by atoms with Crippen LogP contribution < -0.4 is 10.2 Å². The van der Waals surface area contributed by atoms with Crippen LogP contribution in [0.1, 0.15) is 43.7 Å². The number of aromatic nitrogens is 1. The largest absolute Gasteiger partial charge is 0.376 e. The van der Waals surface area contributed by atoms with Crippen LogP contribution in [0.15, 0.2) is 0 Å². The zero-order valence-electron chi connectivity index (χ0n) is 12.9. The maximum Gasteiger partial charge on any atom is 0.185 e. The Morgan fingerprint density at radius 3 is 2.90 bits per heavy atom. The Bertz CT molecular complexity index is 378. The third-order valence-corrected chi connectivity index (χ3v) is 4.85. The van der Waals surface area contributed by atoms with Crippen LogP contribution >= 0.6 is 11.3 Å². The number of rotatable bonds is 8. The second kappa shape index (κ2) is 7.96. The Morgan fingerprint density at radius 2 is 2.30 bits per heavy atom. The average Bonchev–Trinajstić information content (AvgIpc) is 3.07. The number of anilines is 1. The Kier molecular flexibility index (Phi) is 6.26. The first-order valence-electron chi connectivity index (χ1n) is 7.78. The molecular formula is C15H27N3OS. The summed E-state index contributed by atoms with van der Waals surface area (Å²) in [5.41, 5.74) is 1.27. The van der Waals surface area contributed by atoms with Crippen molar-refractivity contribution in [3.63, 3.8) is 0 Å². The molecule has 1 unspecified atom stereocenters. The Labute approximate surface area is 126 Å². The van der Waals surface area contributed by atoms with E-state index in [1.807, 2.05) is 18.4 Å². The monoisotopic (exact) mass is 297 g/mol. The molecule has 1 aliphatic rings. The molecule has 1 N–H and O–H groups in total. The lowest BCUT2D eigenvalue weighted by Gasteiger charge is -2.23. The van der Waals surface area contributed by atoms with Gasteiger partial charge in [0.15, 0.2) is 5.13 Å². The highest BCUT2D eigenvalue weighted by molar-refractivity contribution is 7.15. The van der Waals surface area contributed by atoms with Crippen molar-refractivity contribution in [1.29, 1.82) is 0 Å². The summed E-state index contributed by atoms with van der Waals surface area (Å²) in [6, 6.07) is 0. The molecule has 2 rings (SSSR count). The number of nitrogens with one attached hydrogen (secondary N) is 1. The van der Waals surface area contributed by atoms with Gasteiger partial charge in [-0.05, 0) is 33.2 Å². The minimum atomic E-state index is 0.390. The van der Waals surface area contributed by atoms with Gasteiger partial charge in [0.05, 0.1) is 11.8 Å². The van der Waals surface area contributed by atoms with Gasteiger partial charge in [0, 0.05) is 31.1 Å². The van der Waals surface area contributed by atoms with Crippen LogP contribution in [-0.2, 0) is 17.7 Å². The van der Waals surface area contributed by atoms with E-state index in [1.165, 1.54) is 23.4 Å². The minimum absolute atomic E-state index is 0.390. The van der Waals surface area contributed by atoms with E-state index < -0.39 is 0 Å². The maximum atomic E-state index is 5.76. The van der Waals surface area contributed by atoms with Crippen LogP contribution in [0, 0.1) is 0 Å². The summed E-state index contributed by atoms with van der Waals surface area (Å²) >= 11 is 1.84. The van der Waals surface area contributed by atoms with Gasteiger partial charge in [-0.3, -0.25) is 0 Å². The summed E-state index contributed by atoms with van der Waals surface area (Å²) < 4.78 is 5.76. The van der Waals surface area contributed by atoms with E-state index in [4.69, 9.17) is 9.72 Å². The highest BCUT2D eigenvalue weighted by Crippen LogP contribution is 2.28. The molecular weight excluding hydrogens is 270 g/mol. The predicted octanol–water partition coefficient (Wildman–Crippen LogP) is 2.82. The second-order valence-electron chi connectivity index (χ2n) is 5.32. The van der Waals surface area contributed by atoms with E-state index in [-0.39, 0.29) is 0 Å². The Balaban J connectivity index is 2.09. The molecule has 0 amide bonds. The lowest BCUT2D eigenvalue weighted by atomic mass is 10.2. The van der Waals surface area contributed by atoms with Crippen molar-refractivity contribution in [3.8, 4) is 0 Å². The van der Waals surface area contributed by atoms with Gasteiger partial charge in [-0.2, -0.15) is 0 Å². The zero-order valence-corrected chi connectivity index (χ0v) is 13.8. The molecule has 5 heteroatoms. The zero-order chi connectivity index (χ0) is 14.4. The van der Waals surface area contributed by atoms with Crippen LogP contribution in [0.2, 0.25) is 0 Å². The van der Waals surface area contributed by atoms with E-state index in [2.05, 4.69) is 24.1 Å². The molecule has 0 radical (unpaired) electrons. The summed E-state index contributed by atoms with van der Waals surface area (Å²) in [5, 5.41) is 4.42. The van der Waals surface area contributed by atoms with Crippen LogP contribution in [0.25, 0.3) is 0 Å². The van der Waals surface area contributed by atoms with E-state index in [9.17, 15) is 0 Å². The van der Waals surface area contributed by atoms with E-state index in [1.54, 1.807) is 0 Å². The number of ether oxygens (including phenoxy) is 1. The van der Waals surface area contributed by atoms with Crippen LogP contribution in [0.4, 0.5) is 5.13 Å². The summed E-state index contributed by atoms with van der Waals surface area (Å²) in [6.45, 7) is 8.24. The Hall–Kier alpha value is -0.650. The standard InChI is InChI=1S/C15H27N3OS/c1-4-7-13-14(10-16-3)20-15(17-13)18(5-2)11-12-8-6-9-19-12/h12,16H,4-11H2,1-3H3. The third-order valence-electron chi connectivity index (χ3n) is 3.69. The van der Waals surface area contributed by atoms with Gasteiger partial charge in [-0.1, -0.05) is 13.3 Å². The summed E-state index contributed by atoms with van der Waals surface area (Å²) in [5.74, 6) is 0. The molecule has 114 valence electrons. The van der Waals surface area contributed by atoms with Crippen molar-refractivity contribution in [3.05, 3.63) is 10.6 Å². The van der Waals surface area contributed by atoms with Crippen molar-refractivity contribution >= 4 is 16.5 Å². The third kappa shape index (κ3) is 3.93. The number of aryl methyl sites for hydroxylation is 1. The van der Waals surface area contributed by atoms with Crippen LogP contribution in [-0.4, -0.2) is 37.8 Å². The molecule has 1 atom stereocenters. The van der Waals surface area contributed by atoms with Gasteiger partial charge in [0.1, 0.15) is 0 Å². The fourth-order valence-corrected chi connectivity index (χ4v) is 3.80. The first-order valence-corrected chi connectivity index (χ1v) is 8.59. The summed E-state index contributed by atoms with van der Waals surface area (Å²) in [6.07, 6.45) is 5.00. The molecule has 1 aromatic heterocycles. The number of nitrogens with zero attached hydrogens (tertiary/aromatic N) is 2. The van der Waals surface area contributed by atoms with Gasteiger partial charge in [0.25, 0.3) is 0 Å². The highest BCUT2D eigenvalue weighted by atomic mass is 32.1. The Morgan fingerprint density at radius 1 is 1.45 bits per heavy atom. The molecule has 0 aliphatic carbocycles. The number of hydrogen-bond acceptors (Lipinski definition) is 5. The molecule has 2 heterocycles. The molecule has 0 saturated carbocycles. The highest BCUT2D eigenvalue weighted by Gasteiger charge is 2.21. The number of hydrogen-bond donors (Lipinski definition) is 1. The van der Waals surface area contributed by atoms with Gasteiger partial charge in [-0.15, -0.1) is 11.3 Å². The molecule has 1 aromatic rings. The normalized spacial score (nSPS) is 18.6. The van der Waals surface area contributed by atoms with Crippen LogP contribution in [0.3, 0.4) is 0 Å². The maximum absolute atomic E-state index is 5.76. The topological polar surface area (TPSA) is 37.4 Å². The molecule has 1 fully saturated rings. The smallest absolute Gasteiger partial charge is 0.185 e. The number of thiazole rings is 1. The lowest BCUT2D eigenvalue weighted by molar-refractivity contribution is 0.115. The molecule has 0 bridgehead atoms. The van der Waals surface area contributed by atoms with Crippen molar-refractivity contribution in [2.75, 3.05) is 31.6 Å². The van der Waals surface area contributed by atoms with Gasteiger partial charge in [-0.25, -0.2) is 4.98 Å². The minimum Gasteiger partial charge on any atom is -0.376 e. The quantitative estimate of drug-likeness (QED) is 0.800. The first kappa shape index (κ1) is 15.7. The second-order valence-corrected chi connectivity index (χ2v) is 6.38. The summed E-state index contributed by atoms with van der Waals surface area (Å²) in [4.78, 5) is 8.64. The number of likely N-dealkylation sites (N-methyl/N-ethyl adjacent to an activating group) is 1. The lowest BCUT2D eigenvalue weighted by Crippen LogP contribution is -2.31. The molecule has 4 nitrogen and oxygen atoms in total. The SMILES string of the molecule is CCCc1nc(N(CC)CC2CCCO2)sc1CNC. The molecule has 1 aliphatic heterocycles. The molecule has 1 saturated heterocycles.